The summed E-state index contributed by atoms with van der Waals surface area (Å²) in [7, 11) is -4.64. The van der Waals surface area contributed by atoms with Crippen molar-refractivity contribution in [2.75, 3.05) is 6.61 Å². The second-order valence-electron chi connectivity index (χ2n) is 10.2. The van der Waals surface area contributed by atoms with Crippen molar-refractivity contribution in [2.24, 2.45) is 34.5 Å². The number of rotatable bonds is 2. The first-order valence-electron chi connectivity index (χ1n) is 10.9. The summed E-state index contributed by atoms with van der Waals surface area (Å²) in [5.74, 6) is -0.0768. The van der Waals surface area contributed by atoms with Crippen molar-refractivity contribution in [1.82, 2.24) is 0 Å². The summed E-state index contributed by atoms with van der Waals surface area (Å²) >= 11 is 0. The number of ketones is 2. The Kier molecular flexibility index (Phi) is 8.53. The standard InChI is InChI=1S/C22H30O5.Na.H3O4P.H/c1-12-8-14-15-5-7-22(27,18(26)11-23)21(15,3)10-17(25)19(14)20(2)6-4-13(24)9-16(12)20;;1-5(2,3)4;/h4,6,9,12,14-15,17,19,23,25,27H,5,7-8,10-11H2,1-3H3;;(H3,1,2,3,4);/q;+1;;-1/t12-,14-,15-,17-,19+,20-,21-,22-;;;/m0.../s1. The van der Waals surface area contributed by atoms with Crippen molar-refractivity contribution in [3.8, 4) is 0 Å². The molecule has 0 aromatic rings. The monoisotopic (exact) mass is 496 g/mol. The third-order valence-electron chi connectivity index (χ3n) is 8.57. The van der Waals surface area contributed by atoms with Crippen LogP contribution >= 0.6 is 7.82 Å². The van der Waals surface area contributed by atoms with Crippen molar-refractivity contribution in [3.05, 3.63) is 23.8 Å². The Labute approximate surface area is 217 Å². The molecule has 11 heteroatoms. The maximum absolute atomic E-state index is 12.4. The van der Waals surface area contributed by atoms with E-state index in [-0.39, 0.29) is 65.9 Å². The van der Waals surface area contributed by atoms with Crippen LogP contribution in [0.1, 0.15) is 47.9 Å². The minimum absolute atomic E-state index is 0. The summed E-state index contributed by atoms with van der Waals surface area (Å²) in [6.07, 6.45) is 6.87. The Morgan fingerprint density at radius 1 is 1.27 bits per heavy atom. The molecule has 0 spiro atoms. The van der Waals surface area contributed by atoms with E-state index in [0.29, 0.717) is 12.8 Å². The number of carbonyl (C=O) groups is 2. The van der Waals surface area contributed by atoms with Gasteiger partial charge in [0.25, 0.3) is 0 Å². The summed E-state index contributed by atoms with van der Waals surface area (Å²) < 4.78 is 8.88. The molecule has 6 N–H and O–H groups in total. The molecular weight excluding hydrogens is 462 g/mol. The molecule has 3 saturated carbocycles. The van der Waals surface area contributed by atoms with Crippen molar-refractivity contribution in [1.29, 1.82) is 0 Å². The van der Waals surface area contributed by atoms with E-state index in [1.807, 2.05) is 13.0 Å². The summed E-state index contributed by atoms with van der Waals surface area (Å²) in [5, 5.41) is 31.9. The molecule has 182 valence electrons. The van der Waals surface area contributed by atoms with E-state index in [1.54, 1.807) is 12.2 Å². The average Bonchev–Trinajstić information content (AvgIpc) is 2.93. The van der Waals surface area contributed by atoms with Crippen LogP contribution in [0.15, 0.2) is 23.8 Å². The number of allylic oxidation sites excluding steroid dienone is 4. The SMILES string of the molecule is C[C@H]1C[C@@H]2[C@H]([C@@H](O)C[C@@]3(C)[C@H]2CC[C@]3(O)C(=O)CO)[C@@]2(C)C=CC(=O)C=C12.O=P(O)(O)O.[H-].[Na+]. The first-order valence-corrected chi connectivity index (χ1v) is 12.4. The number of hydrogen-bond donors (Lipinski definition) is 6. The minimum Gasteiger partial charge on any atom is -1.00 e. The van der Waals surface area contributed by atoms with Gasteiger partial charge < -0.3 is 31.4 Å². The molecule has 33 heavy (non-hydrogen) atoms. The fourth-order valence-corrected chi connectivity index (χ4v) is 7.34. The Morgan fingerprint density at radius 3 is 2.39 bits per heavy atom. The van der Waals surface area contributed by atoms with Gasteiger partial charge in [-0.25, -0.2) is 4.57 Å². The second kappa shape index (κ2) is 9.69. The number of carbonyl (C=O) groups excluding carboxylic acids is 2. The van der Waals surface area contributed by atoms with Crippen LogP contribution in [0.4, 0.5) is 0 Å². The van der Waals surface area contributed by atoms with Gasteiger partial charge >= 0.3 is 37.4 Å². The molecule has 0 unspecified atom stereocenters. The van der Waals surface area contributed by atoms with Gasteiger partial charge in [-0.1, -0.05) is 32.4 Å². The number of hydrogen-bond acceptors (Lipinski definition) is 6. The average molecular weight is 496 g/mol. The van der Waals surface area contributed by atoms with Gasteiger partial charge in [0.15, 0.2) is 11.6 Å². The molecule has 0 heterocycles. The van der Waals surface area contributed by atoms with Crippen LogP contribution in [0.5, 0.6) is 0 Å². The van der Waals surface area contributed by atoms with Crippen LogP contribution < -0.4 is 29.6 Å². The van der Waals surface area contributed by atoms with E-state index in [9.17, 15) is 24.9 Å². The third-order valence-corrected chi connectivity index (χ3v) is 8.57. The van der Waals surface area contributed by atoms with E-state index in [0.717, 1.165) is 18.4 Å². The molecule has 0 saturated heterocycles. The van der Waals surface area contributed by atoms with Crippen molar-refractivity contribution in [2.45, 2.75) is 58.2 Å². The summed E-state index contributed by atoms with van der Waals surface area (Å²) in [6.45, 7) is 5.48. The molecule has 0 aromatic heterocycles. The summed E-state index contributed by atoms with van der Waals surface area (Å²) in [5.41, 5.74) is -1.59. The fraction of sp³-hybridized carbons (Fsp3) is 0.727. The van der Waals surface area contributed by atoms with E-state index in [2.05, 4.69) is 13.8 Å². The predicted molar refractivity (Wildman–Crippen MR) is 115 cm³/mol. The molecule has 3 fully saturated rings. The molecule has 0 aromatic carbocycles. The van der Waals surface area contributed by atoms with Crippen LogP contribution in [0, 0.1) is 34.5 Å². The minimum atomic E-state index is -4.64. The van der Waals surface area contributed by atoms with Gasteiger partial charge in [-0.2, -0.15) is 0 Å². The number of fused-ring (bicyclic) bond motifs is 5. The van der Waals surface area contributed by atoms with Gasteiger partial charge in [-0.05, 0) is 55.6 Å². The first kappa shape index (κ1) is 29.0. The van der Waals surface area contributed by atoms with E-state index >= 15 is 0 Å². The topological polar surface area (TPSA) is 173 Å². The maximum atomic E-state index is 12.4. The van der Waals surface area contributed by atoms with Gasteiger partial charge in [0.2, 0.25) is 0 Å². The molecule has 9 nitrogen and oxygen atoms in total. The molecule has 4 aliphatic rings. The second-order valence-corrected chi connectivity index (χ2v) is 11.3. The van der Waals surface area contributed by atoms with E-state index in [4.69, 9.17) is 19.2 Å². The summed E-state index contributed by atoms with van der Waals surface area (Å²) in [4.78, 5) is 45.9. The van der Waals surface area contributed by atoms with E-state index < -0.39 is 37.3 Å². The normalized spacial score (nSPS) is 43.7. The zero-order valence-corrected chi connectivity index (χ0v) is 22.4. The van der Waals surface area contributed by atoms with Crippen molar-refractivity contribution < 1.29 is 75.1 Å². The third kappa shape index (κ3) is 4.92. The van der Waals surface area contributed by atoms with Crippen LogP contribution in [0.25, 0.3) is 0 Å². The fourth-order valence-electron chi connectivity index (χ4n) is 7.34. The molecule has 8 atom stereocenters. The molecular formula is C22H34NaO9P. The maximum Gasteiger partial charge on any atom is 1.00 e. The number of aliphatic hydroxyl groups is 3. The molecule has 4 aliphatic carbocycles. The van der Waals surface area contributed by atoms with Gasteiger partial charge in [-0.15, -0.1) is 0 Å². The van der Waals surface area contributed by atoms with Crippen LogP contribution in [0.3, 0.4) is 0 Å². The molecule has 0 radical (unpaired) electrons. The first-order chi connectivity index (χ1) is 14.6. The molecule has 0 amide bonds. The molecule has 0 aliphatic heterocycles. The largest absolute Gasteiger partial charge is 1.00 e. The number of phosphoric acid groups is 1. The van der Waals surface area contributed by atoms with Crippen molar-refractivity contribution >= 4 is 19.4 Å². The van der Waals surface area contributed by atoms with Gasteiger partial charge in [-0.3, -0.25) is 9.59 Å². The van der Waals surface area contributed by atoms with Crippen LogP contribution in [-0.2, 0) is 14.2 Å². The van der Waals surface area contributed by atoms with Crippen LogP contribution in [-0.4, -0.2) is 59.9 Å². The molecule has 0 bridgehead atoms. The Balaban J connectivity index is 0.000000752. The Hall–Kier alpha value is -0.190. The van der Waals surface area contributed by atoms with E-state index in [1.165, 1.54) is 0 Å². The Bertz CT molecular complexity index is 912. The molecule has 4 rings (SSSR count). The Morgan fingerprint density at radius 2 is 1.85 bits per heavy atom. The van der Waals surface area contributed by atoms with Gasteiger partial charge in [0.1, 0.15) is 12.2 Å². The van der Waals surface area contributed by atoms with Crippen LogP contribution in [0.2, 0.25) is 0 Å². The smallest absolute Gasteiger partial charge is 1.00 e. The predicted octanol–water partition coefficient (Wildman–Crippen LogP) is -2.01. The number of Topliss-reactive ketones (excluding diaryl/α,β-unsaturated/α-hetero) is 1. The van der Waals surface area contributed by atoms with Gasteiger partial charge in [0.05, 0.1) is 6.10 Å². The number of aliphatic hydroxyl groups excluding tert-OH is 2. The van der Waals surface area contributed by atoms with Crippen molar-refractivity contribution in [3.63, 3.8) is 0 Å². The zero-order chi connectivity index (χ0) is 24.3. The zero-order valence-electron chi connectivity index (χ0n) is 20.5. The van der Waals surface area contributed by atoms with Gasteiger partial charge in [0, 0.05) is 16.7 Å². The summed E-state index contributed by atoms with van der Waals surface area (Å²) in [6, 6.07) is 0. The quantitative estimate of drug-likeness (QED) is 0.187.